The molecule has 0 aromatic carbocycles. The van der Waals surface area contributed by atoms with Gasteiger partial charge in [-0.3, -0.25) is 9.48 Å². The van der Waals surface area contributed by atoms with Crippen LogP contribution in [-0.4, -0.2) is 74.2 Å². The zero-order valence-corrected chi connectivity index (χ0v) is 16.5. The maximum Gasteiger partial charge on any atom is 0.390 e. The van der Waals surface area contributed by atoms with Gasteiger partial charge in [0.05, 0.1) is 23.1 Å². The van der Waals surface area contributed by atoms with Crippen molar-refractivity contribution in [3.63, 3.8) is 0 Å². The van der Waals surface area contributed by atoms with E-state index in [1.807, 2.05) is 0 Å². The van der Waals surface area contributed by atoms with Crippen molar-refractivity contribution in [2.24, 2.45) is 7.05 Å². The molecular weight excluding hydrogens is 390 g/mol. The van der Waals surface area contributed by atoms with E-state index >= 15 is 0 Å². The van der Waals surface area contributed by atoms with Crippen LogP contribution in [-0.2, 0) is 21.9 Å². The van der Waals surface area contributed by atoms with Crippen molar-refractivity contribution in [3.8, 4) is 0 Å². The van der Waals surface area contributed by atoms with Crippen LogP contribution >= 0.6 is 0 Å². The Hall–Kier alpha value is -2.80. The van der Waals surface area contributed by atoms with E-state index in [9.17, 15) is 23.3 Å². The predicted molar refractivity (Wildman–Crippen MR) is 96.9 cm³/mol. The molecule has 0 aliphatic carbocycles. The lowest BCUT2D eigenvalue weighted by Crippen LogP contribution is -2.51. The van der Waals surface area contributed by atoms with E-state index in [1.165, 1.54) is 32.1 Å². The normalized spacial score (nSPS) is 16.9. The summed E-state index contributed by atoms with van der Waals surface area (Å²) in [5, 5.41) is 18.6. The minimum Gasteiger partial charge on any atom is -0.358 e. The molecule has 1 fully saturated rings. The third-order valence-corrected chi connectivity index (χ3v) is 6.54. The first-order valence-electron chi connectivity index (χ1n) is 8.59. The number of aryl methyl sites for hydroxylation is 2. The molecule has 13 heteroatoms. The van der Waals surface area contributed by atoms with Gasteiger partial charge in [-0.15, -0.1) is 0 Å². The molecule has 12 nitrogen and oxygen atoms in total. The molecule has 1 aliphatic rings. The zero-order chi connectivity index (χ0) is 20.6. The van der Waals surface area contributed by atoms with Gasteiger partial charge in [-0.05, 0) is 18.8 Å². The molecule has 3 rings (SSSR count). The van der Waals surface area contributed by atoms with E-state index in [1.54, 1.807) is 25.8 Å². The average molecular weight is 411 g/mol. The smallest absolute Gasteiger partial charge is 0.358 e. The summed E-state index contributed by atoms with van der Waals surface area (Å²) in [4.78, 5) is 24.7. The summed E-state index contributed by atoms with van der Waals surface area (Å²) in [5.41, 5.74) is 0.505. The molecule has 0 radical (unpaired) electrons. The third kappa shape index (κ3) is 3.62. The Morgan fingerprint density at radius 2 is 1.93 bits per heavy atom. The van der Waals surface area contributed by atoms with Crippen LogP contribution in [0.25, 0.3) is 0 Å². The number of nitrogens with zero attached hydrogens (tertiary/aromatic N) is 7. The van der Waals surface area contributed by atoms with Crippen LogP contribution in [0, 0.1) is 17.0 Å². The number of hydrogen-bond donors (Lipinski definition) is 0. The molecule has 1 atom stereocenters. The van der Waals surface area contributed by atoms with Crippen molar-refractivity contribution in [1.29, 1.82) is 0 Å². The Kier molecular flexibility index (Phi) is 5.21. The molecule has 152 valence electrons. The molecule has 3 heterocycles. The zero-order valence-electron chi connectivity index (χ0n) is 15.7. The Morgan fingerprint density at radius 3 is 2.43 bits per heavy atom. The summed E-state index contributed by atoms with van der Waals surface area (Å²) < 4.78 is 29.3. The van der Waals surface area contributed by atoms with Crippen molar-refractivity contribution in [1.82, 2.24) is 28.8 Å². The van der Waals surface area contributed by atoms with Gasteiger partial charge >= 0.3 is 5.82 Å². The van der Waals surface area contributed by atoms with E-state index < -0.39 is 21.0 Å². The van der Waals surface area contributed by atoms with Gasteiger partial charge in [-0.1, -0.05) is 0 Å². The summed E-state index contributed by atoms with van der Waals surface area (Å²) in [6.45, 7) is 4.03. The van der Waals surface area contributed by atoms with Gasteiger partial charge in [0.1, 0.15) is 10.9 Å². The first kappa shape index (κ1) is 19.9. The number of carbonyl (C=O) groups excluding carboxylic acids is 1. The van der Waals surface area contributed by atoms with Crippen LogP contribution in [0.15, 0.2) is 23.4 Å². The van der Waals surface area contributed by atoms with E-state index in [0.717, 1.165) is 0 Å². The number of piperazine rings is 1. The molecule has 1 amide bonds. The number of hydrogen-bond acceptors (Lipinski definition) is 7. The van der Waals surface area contributed by atoms with Gasteiger partial charge in [-0.25, -0.2) is 8.42 Å². The summed E-state index contributed by atoms with van der Waals surface area (Å²) in [5.74, 6) is -0.580. The third-order valence-electron chi connectivity index (χ3n) is 4.69. The number of sulfonamides is 1. The number of rotatable bonds is 5. The van der Waals surface area contributed by atoms with Gasteiger partial charge in [0, 0.05) is 39.4 Å². The number of aromatic nitrogens is 4. The molecule has 1 saturated heterocycles. The van der Waals surface area contributed by atoms with E-state index in [0.29, 0.717) is 5.69 Å². The molecule has 1 unspecified atom stereocenters. The monoisotopic (exact) mass is 411 g/mol. The first-order chi connectivity index (χ1) is 13.1. The van der Waals surface area contributed by atoms with E-state index in [2.05, 4.69) is 10.2 Å². The quantitative estimate of drug-likeness (QED) is 0.496. The molecule has 0 spiro atoms. The summed E-state index contributed by atoms with van der Waals surface area (Å²) in [6.07, 6.45) is 2.73. The lowest BCUT2D eigenvalue weighted by molar-refractivity contribution is -0.389. The molecule has 2 aromatic rings. The second-order valence-electron chi connectivity index (χ2n) is 6.60. The van der Waals surface area contributed by atoms with Crippen LogP contribution < -0.4 is 0 Å². The van der Waals surface area contributed by atoms with Gasteiger partial charge in [0.2, 0.25) is 15.9 Å². The summed E-state index contributed by atoms with van der Waals surface area (Å²) in [7, 11) is -2.02. The van der Waals surface area contributed by atoms with E-state index in [4.69, 9.17) is 0 Å². The topological polar surface area (TPSA) is 136 Å². The van der Waals surface area contributed by atoms with Gasteiger partial charge in [0.15, 0.2) is 0 Å². The predicted octanol–water partition coefficient (Wildman–Crippen LogP) is -0.0727. The van der Waals surface area contributed by atoms with Gasteiger partial charge < -0.3 is 15.0 Å². The molecule has 0 saturated carbocycles. The minimum atomic E-state index is -3.66. The van der Waals surface area contributed by atoms with Crippen LogP contribution in [0.3, 0.4) is 0 Å². The Bertz CT molecular complexity index is 1000. The van der Waals surface area contributed by atoms with Crippen molar-refractivity contribution in [3.05, 3.63) is 34.3 Å². The average Bonchev–Trinajstić information content (AvgIpc) is 3.27. The van der Waals surface area contributed by atoms with Crippen LogP contribution in [0.4, 0.5) is 5.82 Å². The molecule has 1 aliphatic heterocycles. The SMILES string of the molecule is Cc1cc([N+](=O)[O-])nn1C(C)C(=O)N1CCN(S(=O)(=O)c2cnn(C)c2)CC1. The summed E-state index contributed by atoms with van der Waals surface area (Å²) in [6, 6.07) is 0.581. The molecule has 28 heavy (non-hydrogen) atoms. The fraction of sp³-hybridized carbons (Fsp3) is 0.533. The lowest BCUT2D eigenvalue weighted by atomic mass is 10.2. The van der Waals surface area contributed by atoms with Gasteiger partial charge in [0.25, 0.3) is 0 Å². The maximum absolute atomic E-state index is 12.8. The highest BCUT2D eigenvalue weighted by Crippen LogP contribution is 2.21. The highest BCUT2D eigenvalue weighted by Gasteiger charge is 2.34. The number of carbonyl (C=O) groups is 1. The van der Waals surface area contributed by atoms with Crippen LogP contribution in [0.5, 0.6) is 0 Å². The number of nitro groups is 1. The van der Waals surface area contributed by atoms with Gasteiger partial charge in [-0.2, -0.15) is 14.1 Å². The van der Waals surface area contributed by atoms with Crippen molar-refractivity contribution < 1.29 is 18.1 Å². The fourth-order valence-corrected chi connectivity index (χ4v) is 4.56. The largest absolute Gasteiger partial charge is 0.390 e. The first-order valence-corrected chi connectivity index (χ1v) is 10.0. The van der Waals surface area contributed by atoms with Crippen LogP contribution in [0.2, 0.25) is 0 Å². The summed E-state index contributed by atoms with van der Waals surface area (Å²) >= 11 is 0. The van der Waals surface area contributed by atoms with Crippen molar-refractivity contribution in [2.45, 2.75) is 24.8 Å². The Balaban J connectivity index is 1.67. The van der Waals surface area contributed by atoms with E-state index in [-0.39, 0.29) is 42.8 Å². The highest BCUT2D eigenvalue weighted by molar-refractivity contribution is 7.89. The molecule has 0 bridgehead atoms. The Morgan fingerprint density at radius 1 is 1.29 bits per heavy atom. The van der Waals surface area contributed by atoms with Crippen molar-refractivity contribution in [2.75, 3.05) is 26.2 Å². The number of amides is 1. The van der Waals surface area contributed by atoms with Crippen molar-refractivity contribution >= 4 is 21.7 Å². The second-order valence-corrected chi connectivity index (χ2v) is 8.54. The lowest BCUT2D eigenvalue weighted by Gasteiger charge is -2.34. The van der Waals surface area contributed by atoms with Crippen LogP contribution in [0.1, 0.15) is 18.7 Å². The molecule has 2 aromatic heterocycles. The second kappa shape index (κ2) is 7.31. The minimum absolute atomic E-state index is 0.114. The highest BCUT2D eigenvalue weighted by atomic mass is 32.2. The maximum atomic E-state index is 12.8. The standard InChI is InChI=1S/C15H21N7O5S/c1-11-8-14(22(24)25)17-21(11)12(2)15(23)19-4-6-20(7-5-19)28(26,27)13-9-16-18(3)10-13/h8-10,12H,4-7H2,1-3H3. The molecular formula is C15H21N7O5S. The fourth-order valence-electron chi connectivity index (χ4n) is 3.15. The molecule has 0 N–H and O–H groups in total. The Labute approximate surface area is 161 Å².